The molecule has 1 heterocycles. The van der Waals surface area contributed by atoms with Crippen LogP contribution in [0.4, 0.5) is 5.69 Å². The van der Waals surface area contributed by atoms with Gasteiger partial charge in [-0.15, -0.1) is 11.6 Å². The molecule has 2 aromatic rings. The molecule has 0 radical (unpaired) electrons. The molecule has 104 valence electrons. The van der Waals surface area contributed by atoms with Crippen molar-refractivity contribution >= 4 is 40.0 Å². The van der Waals surface area contributed by atoms with Crippen molar-refractivity contribution in [2.75, 3.05) is 17.7 Å². The summed E-state index contributed by atoms with van der Waals surface area (Å²) in [7, 11) is 0. The third-order valence-electron chi connectivity index (χ3n) is 2.68. The predicted molar refractivity (Wildman–Crippen MR) is 78.7 cm³/mol. The Kier molecular flexibility index (Phi) is 4.90. The highest BCUT2D eigenvalue weighted by atomic mass is 35.5. The highest BCUT2D eigenvalue weighted by Crippen LogP contribution is 2.20. The number of anilines is 1. The molecule has 0 aliphatic heterocycles. The first-order valence-electron chi connectivity index (χ1n) is 6.21. The minimum atomic E-state index is -0.710. The topological polar surface area (TPSA) is 71.1 Å². The molecule has 2 N–H and O–H groups in total. The number of rotatable bonds is 4. The minimum absolute atomic E-state index is 0.379. The predicted octanol–water partition coefficient (Wildman–Crippen LogP) is 1.92. The van der Waals surface area contributed by atoms with Gasteiger partial charge < -0.3 is 10.6 Å². The number of benzene rings is 1. The molecule has 0 saturated heterocycles. The van der Waals surface area contributed by atoms with Gasteiger partial charge in [-0.05, 0) is 18.6 Å². The van der Waals surface area contributed by atoms with Gasteiger partial charge >= 0.3 is 11.8 Å². The number of para-hydroxylation sites is 1. The van der Waals surface area contributed by atoms with Gasteiger partial charge in [-0.2, -0.15) is 0 Å². The summed E-state index contributed by atoms with van der Waals surface area (Å²) in [5.41, 5.74) is 1.16. The van der Waals surface area contributed by atoms with E-state index in [0.717, 1.165) is 5.39 Å². The molecule has 20 heavy (non-hydrogen) atoms. The zero-order valence-corrected chi connectivity index (χ0v) is 11.5. The van der Waals surface area contributed by atoms with E-state index in [1.807, 2.05) is 18.2 Å². The lowest BCUT2D eigenvalue weighted by molar-refractivity contribution is -0.136. The lowest BCUT2D eigenvalue weighted by atomic mass is 10.2. The number of nitrogens with zero attached hydrogens (tertiary/aromatic N) is 1. The number of hydrogen-bond acceptors (Lipinski definition) is 3. The van der Waals surface area contributed by atoms with E-state index in [2.05, 4.69) is 15.6 Å². The van der Waals surface area contributed by atoms with Gasteiger partial charge in [0.25, 0.3) is 0 Å². The van der Waals surface area contributed by atoms with Crippen LogP contribution in [0.1, 0.15) is 6.42 Å². The van der Waals surface area contributed by atoms with E-state index in [1.54, 1.807) is 18.3 Å². The van der Waals surface area contributed by atoms with E-state index < -0.39 is 11.8 Å². The highest BCUT2D eigenvalue weighted by molar-refractivity contribution is 6.40. The Morgan fingerprint density at radius 1 is 1.15 bits per heavy atom. The summed E-state index contributed by atoms with van der Waals surface area (Å²) in [4.78, 5) is 27.5. The molecular weight excluding hydrogens is 278 g/mol. The average Bonchev–Trinajstić information content (AvgIpc) is 2.47. The van der Waals surface area contributed by atoms with Crippen LogP contribution in [0.5, 0.6) is 0 Å². The lowest BCUT2D eigenvalue weighted by Gasteiger charge is -2.08. The Balaban J connectivity index is 2.08. The molecular formula is C14H14ClN3O2. The third kappa shape index (κ3) is 3.45. The fourth-order valence-corrected chi connectivity index (χ4v) is 1.87. The van der Waals surface area contributed by atoms with Crippen molar-refractivity contribution in [2.24, 2.45) is 0 Å². The monoisotopic (exact) mass is 291 g/mol. The number of aromatic nitrogens is 1. The molecule has 0 unspecified atom stereocenters. The summed E-state index contributed by atoms with van der Waals surface area (Å²) >= 11 is 5.50. The smallest absolute Gasteiger partial charge is 0.313 e. The van der Waals surface area contributed by atoms with E-state index in [9.17, 15) is 9.59 Å². The van der Waals surface area contributed by atoms with Crippen LogP contribution in [-0.2, 0) is 9.59 Å². The van der Waals surface area contributed by atoms with Crippen molar-refractivity contribution in [2.45, 2.75) is 6.42 Å². The Hall–Kier alpha value is -2.14. The van der Waals surface area contributed by atoms with Crippen molar-refractivity contribution in [3.63, 3.8) is 0 Å². The Bertz CT molecular complexity index is 625. The van der Waals surface area contributed by atoms with Gasteiger partial charge in [0.15, 0.2) is 0 Å². The van der Waals surface area contributed by atoms with Crippen LogP contribution in [0.25, 0.3) is 10.9 Å². The van der Waals surface area contributed by atoms with Gasteiger partial charge in [-0.3, -0.25) is 14.6 Å². The number of pyridine rings is 1. The molecule has 1 aromatic carbocycles. The maximum Gasteiger partial charge on any atom is 0.313 e. The fraction of sp³-hybridized carbons (Fsp3) is 0.214. The molecule has 1 aromatic heterocycles. The van der Waals surface area contributed by atoms with E-state index in [4.69, 9.17) is 11.6 Å². The second-order valence-electron chi connectivity index (χ2n) is 4.13. The van der Waals surface area contributed by atoms with E-state index in [0.29, 0.717) is 30.0 Å². The van der Waals surface area contributed by atoms with Crippen LogP contribution in [0.2, 0.25) is 0 Å². The van der Waals surface area contributed by atoms with Crippen molar-refractivity contribution in [1.82, 2.24) is 10.3 Å². The second-order valence-corrected chi connectivity index (χ2v) is 4.51. The van der Waals surface area contributed by atoms with Crippen LogP contribution in [0.3, 0.4) is 0 Å². The van der Waals surface area contributed by atoms with E-state index in [-0.39, 0.29) is 0 Å². The normalized spacial score (nSPS) is 10.2. The molecule has 0 bridgehead atoms. The van der Waals surface area contributed by atoms with Crippen molar-refractivity contribution in [1.29, 1.82) is 0 Å². The molecule has 0 saturated carbocycles. The molecule has 0 atom stereocenters. The summed E-state index contributed by atoms with van der Waals surface area (Å²) in [5.74, 6) is -0.949. The van der Waals surface area contributed by atoms with Gasteiger partial charge in [-0.25, -0.2) is 0 Å². The third-order valence-corrected chi connectivity index (χ3v) is 2.95. The number of amides is 2. The van der Waals surface area contributed by atoms with E-state index >= 15 is 0 Å². The van der Waals surface area contributed by atoms with Crippen LogP contribution in [0, 0.1) is 0 Å². The Morgan fingerprint density at radius 3 is 2.75 bits per heavy atom. The minimum Gasteiger partial charge on any atom is -0.348 e. The zero-order chi connectivity index (χ0) is 14.4. The first kappa shape index (κ1) is 14.3. The number of nitrogens with one attached hydrogen (secondary N) is 2. The fourth-order valence-electron chi connectivity index (χ4n) is 1.73. The highest BCUT2D eigenvalue weighted by Gasteiger charge is 2.14. The molecule has 5 nitrogen and oxygen atoms in total. The molecule has 0 aliphatic rings. The molecule has 0 spiro atoms. The van der Waals surface area contributed by atoms with Gasteiger partial charge in [0.2, 0.25) is 0 Å². The van der Waals surface area contributed by atoms with Crippen molar-refractivity contribution in [3.05, 3.63) is 36.5 Å². The molecule has 6 heteroatoms. The largest absolute Gasteiger partial charge is 0.348 e. The van der Waals surface area contributed by atoms with Gasteiger partial charge in [-0.1, -0.05) is 18.2 Å². The van der Waals surface area contributed by atoms with Crippen molar-refractivity contribution < 1.29 is 9.59 Å². The second kappa shape index (κ2) is 6.86. The summed E-state index contributed by atoms with van der Waals surface area (Å²) in [6.45, 7) is 0.379. The average molecular weight is 292 g/mol. The SMILES string of the molecule is O=C(NCCCCl)C(=O)Nc1cccc2cccnc12. The standard InChI is InChI=1S/C14H14ClN3O2/c15-7-3-9-17-13(19)14(20)18-11-6-1-4-10-5-2-8-16-12(10)11/h1-2,4-6,8H,3,7,9H2,(H,17,19)(H,18,20). The number of carbonyl (C=O) groups excluding carboxylic acids is 2. The number of carbonyl (C=O) groups is 2. The summed E-state index contributed by atoms with van der Waals surface area (Å²) in [6.07, 6.45) is 2.26. The van der Waals surface area contributed by atoms with Gasteiger partial charge in [0.1, 0.15) is 0 Å². The zero-order valence-electron chi connectivity index (χ0n) is 10.7. The first-order valence-corrected chi connectivity index (χ1v) is 6.74. The maximum atomic E-state index is 11.8. The summed E-state index contributed by atoms with van der Waals surface area (Å²) < 4.78 is 0. The number of halogens is 1. The van der Waals surface area contributed by atoms with Crippen LogP contribution >= 0.6 is 11.6 Å². The van der Waals surface area contributed by atoms with Gasteiger partial charge in [0.05, 0.1) is 11.2 Å². The van der Waals surface area contributed by atoms with E-state index in [1.165, 1.54) is 0 Å². The van der Waals surface area contributed by atoms with Gasteiger partial charge in [0, 0.05) is 24.0 Å². The lowest BCUT2D eigenvalue weighted by Crippen LogP contribution is -2.36. The summed E-state index contributed by atoms with van der Waals surface area (Å²) in [5, 5.41) is 5.96. The number of hydrogen-bond donors (Lipinski definition) is 2. The van der Waals surface area contributed by atoms with Crippen molar-refractivity contribution in [3.8, 4) is 0 Å². The van der Waals surface area contributed by atoms with Crippen LogP contribution in [-0.4, -0.2) is 29.2 Å². The molecule has 2 amide bonds. The number of alkyl halides is 1. The summed E-state index contributed by atoms with van der Waals surface area (Å²) in [6, 6.07) is 9.09. The van der Waals surface area contributed by atoms with Crippen LogP contribution in [0.15, 0.2) is 36.5 Å². The Morgan fingerprint density at radius 2 is 1.95 bits per heavy atom. The molecule has 0 fully saturated rings. The Labute approximate surface area is 121 Å². The first-order chi connectivity index (χ1) is 9.72. The van der Waals surface area contributed by atoms with Crippen LogP contribution < -0.4 is 10.6 Å². The molecule has 0 aliphatic carbocycles. The molecule has 2 rings (SSSR count). The number of fused-ring (bicyclic) bond motifs is 1. The maximum absolute atomic E-state index is 11.8. The quantitative estimate of drug-likeness (QED) is 0.513.